The third-order valence-electron chi connectivity index (χ3n) is 1.02. The SMILES string of the molecule is C=C(C)/C(F)=C\C(C)=C/N. The predicted molar refractivity (Wildman–Crippen MR) is 41.9 cm³/mol. The summed E-state index contributed by atoms with van der Waals surface area (Å²) >= 11 is 0. The van der Waals surface area contributed by atoms with Crippen LogP contribution < -0.4 is 5.73 Å². The molecule has 0 aromatic rings. The first-order valence-electron chi connectivity index (χ1n) is 2.99. The molecule has 2 heteroatoms. The van der Waals surface area contributed by atoms with Gasteiger partial charge in [0.25, 0.3) is 0 Å². The normalized spacial score (nSPS) is 13.5. The van der Waals surface area contributed by atoms with E-state index < -0.39 is 0 Å². The van der Waals surface area contributed by atoms with E-state index in [-0.39, 0.29) is 5.83 Å². The van der Waals surface area contributed by atoms with Crippen molar-refractivity contribution < 1.29 is 4.39 Å². The molecule has 0 radical (unpaired) electrons. The molecule has 0 aliphatic carbocycles. The van der Waals surface area contributed by atoms with Gasteiger partial charge < -0.3 is 5.73 Å². The Morgan fingerprint density at radius 2 is 2.00 bits per heavy atom. The van der Waals surface area contributed by atoms with Crippen molar-refractivity contribution >= 4 is 0 Å². The monoisotopic (exact) mass is 141 g/mol. The quantitative estimate of drug-likeness (QED) is 0.586. The van der Waals surface area contributed by atoms with Crippen LogP contribution in [0.25, 0.3) is 0 Å². The van der Waals surface area contributed by atoms with Gasteiger partial charge in [0.05, 0.1) is 0 Å². The van der Waals surface area contributed by atoms with Gasteiger partial charge in [-0.25, -0.2) is 4.39 Å². The maximum atomic E-state index is 12.6. The van der Waals surface area contributed by atoms with Gasteiger partial charge in [0.2, 0.25) is 0 Å². The third-order valence-corrected chi connectivity index (χ3v) is 1.02. The van der Waals surface area contributed by atoms with Crippen LogP contribution in [0.2, 0.25) is 0 Å². The number of nitrogens with two attached hydrogens (primary N) is 1. The van der Waals surface area contributed by atoms with Crippen molar-refractivity contribution in [3.8, 4) is 0 Å². The molecule has 1 nitrogen and oxygen atoms in total. The molecule has 0 aliphatic rings. The molecule has 0 heterocycles. The van der Waals surface area contributed by atoms with Crippen LogP contribution in [0.5, 0.6) is 0 Å². The zero-order chi connectivity index (χ0) is 8.15. The summed E-state index contributed by atoms with van der Waals surface area (Å²) in [4.78, 5) is 0. The van der Waals surface area contributed by atoms with E-state index in [4.69, 9.17) is 5.73 Å². The predicted octanol–water partition coefficient (Wildman–Crippen LogP) is 2.28. The molecule has 0 rings (SSSR count). The second-order valence-electron chi connectivity index (χ2n) is 2.18. The lowest BCUT2D eigenvalue weighted by atomic mass is 10.2. The van der Waals surface area contributed by atoms with E-state index in [1.54, 1.807) is 13.8 Å². The lowest BCUT2D eigenvalue weighted by molar-refractivity contribution is 0.651. The molecule has 0 aliphatic heterocycles. The Labute approximate surface area is 60.7 Å². The smallest absolute Gasteiger partial charge is 0.125 e. The molecule has 0 fully saturated rings. The molecule has 56 valence electrons. The minimum absolute atomic E-state index is 0.320. The molecule has 0 bridgehead atoms. The van der Waals surface area contributed by atoms with Gasteiger partial charge in [-0.05, 0) is 37.3 Å². The molecule has 2 N–H and O–H groups in total. The lowest BCUT2D eigenvalue weighted by Crippen LogP contribution is -1.82. The largest absolute Gasteiger partial charge is 0.404 e. The molecule has 0 aromatic carbocycles. The van der Waals surface area contributed by atoms with Crippen molar-refractivity contribution in [1.29, 1.82) is 0 Å². The molecule has 0 spiro atoms. The van der Waals surface area contributed by atoms with Crippen molar-refractivity contribution in [1.82, 2.24) is 0 Å². The zero-order valence-corrected chi connectivity index (χ0v) is 6.32. The minimum Gasteiger partial charge on any atom is -0.404 e. The van der Waals surface area contributed by atoms with Crippen LogP contribution in [-0.2, 0) is 0 Å². The van der Waals surface area contributed by atoms with Gasteiger partial charge in [0.15, 0.2) is 0 Å². The van der Waals surface area contributed by atoms with E-state index in [9.17, 15) is 4.39 Å². The highest BCUT2D eigenvalue weighted by Crippen LogP contribution is 2.10. The van der Waals surface area contributed by atoms with Crippen LogP contribution in [0.3, 0.4) is 0 Å². The molecule has 0 unspecified atom stereocenters. The Hall–Kier alpha value is -1.05. The van der Waals surface area contributed by atoms with Crippen molar-refractivity contribution in [3.63, 3.8) is 0 Å². The highest BCUT2D eigenvalue weighted by Gasteiger charge is 1.93. The average Bonchev–Trinajstić information content (AvgIpc) is 1.87. The van der Waals surface area contributed by atoms with E-state index in [2.05, 4.69) is 6.58 Å². The van der Waals surface area contributed by atoms with Gasteiger partial charge in [-0.1, -0.05) is 6.58 Å². The topological polar surface area (TPSA) is 26.0 Å². The number of allylic oxidation sites excluding steroid dienone is 4. The van der Waals surface area contributed by atoms with Crippen molar-refractivity contribution in [2.24, 2.45) is 5.73 Å². The van der Waals surface area contributed by atoms with E-state index >= 15 is 0 Å². The molecule has 0 aromatic heterocycles. The van der Waals surface area contributed by atoms with Gasteiger partial charge in [0.1, 0.15) is 5.83 Å². The van der Waals surface area contributed by atoms with Crippen molar-refractivity contribution in [3.05, 3.63) is 35.8 Å². The second kappa shape index (κ2) is 3.88. The Morgan fingerprint density at radius 3 is 2.30 bits per heavy atom. The van der Waals surface area contributed by atoms with Crippen molar-refractivity contribution in [2.45, 2.75) is 13.8 Å². The highest BCUT2D eigenvalue weighted by molar-refractivity contribution is 5.28. The molecular weight excluding hydrogens is 129 g/mol. The Morgan fingerprint density at radius 1 is 1.50 bits per heavy atom. The standard InChI is InChI=1S/C8H12FN/c1-6(2)8(9)4-7(3)5-10/h4-5H,1,10H2,2-3H3/b7-5-,8-4+. The second-order valence-corrected chi connectivity index (χ2v) is 2.18. The summed E-state index contributed by atoms with van der Waals surface area (Å²) < 4.78 is 12.6. The van der Waals surface area contributed by atoms with E-state index in [1.807, 2.05) is 0 Å². The average molecular weight is 141 g/mol. The Kier molecular flexibility index (Phi) is 3.47. The fourth-order valence-corrected chi connectivity index (χ4v) is 0.371. The number of hydrogen-bond donors (Lipinski definition) is 1. The molecule has 0 amide bonds. The summed E-state index contributed by atoms with van der Waals surface area (Å²) in [5.41, 5.74) is 6.23. The summed E-state index contributed by atoms with van der Waals surface area (Å²) in [6, 6.07) is 0. The third kappa shape index (κ3) is 3.07. The van der Waals surface area contributed by atoms with Crippen LogP contribution >= 0.6 is 0 Å². The zero-order valence-electron chi connectivity index (χ0n) is 6.32. The number of hydrogen-bond acceptors (Lipinski definition) is 1. The number of halogens is 1. The highest BCUT2D eigenvalue weighted by atomic mass is 19.1. The lowest BCUT2D eigenvalue weighted by Gasteiger charge is -1.93. The molecule has 0 saturated heterocycles. The maximum Gasteiger partial charge on any atom is 0.125 e. The first-order valence-corrected chi connectivity index (χ1v) is 2.99. The number of rotatable bonds is 2. The summed E-state index contributed by atoms with van der Waals surface area (Å²) in [7, 11) is 0. The Bertz CT molecular complexity index is 189. The van der Waals surface area contributed by atoms with Crippen molar-refractivity contribution in [2.75, 3.05) is 0 Å². The van der Waals surface area contributed by atoms with Gasteiger partial charge in [0, 0.05) is 0 Å². The van der Waals surface area contributed by atoms with Crippen LogP contribution in [0.4, 0.5) is 4.39 Å². The summed E-state index contributed by atoms with van der Waals surface area (Å²) in [5.74, 6) is -0.320. The fourth-order valence-electron chi connectivity index (χ4n) is 0.371. The van der Waals surface area contributed by atoms with E-state index in [0.717, 1.165) is 0 Å². The van der Waals surface area contributed by atoms with E-state index in [0.29, 0.717) is 11.1 Å². The summed E-state index contributed by atoms with van der Waals surface area (Å²) in [6.07, 6.45) is 2.70. The van der Waals surface area contributed by atoms with Crippen LogP contribution in [0.15, 0.2) is 35.8 Å². The molecular formula is C8H12FN. The molecule has 0 atom stereocenters. The Balaban J connectivity index is 4.31. The fraction of sp³-hybridized carbons (Fsp3) is 0.250. The first-order chi connectivity index (χ1) is 4.57. The maximum absolute atomic E-state index is 12.6. The summed E-state index contributed by atoms with van der Waals surface area (Å²) in [5, 5.41) is 0. The van der Waals surface area contributed by atoms with Crippen LogP contribution in [-0.4, -0.2) is 0 Å². The molecule has 10 heavy (non-hydrogen) atoms. The van der Waals surface area contributed by atoms with Crippen LogP contribution in [0, 0.1) is 0 Å². The van der Waals surface area contributed by atoms with Gasteiger partial charge >= 0.3 is 0 Å². The summed E-state index contributed by atoms with van der Waals surface area (Å²) in [6.45, 7) is 6.76. The van der Waals surface area contributed by atoms with E-state index in [1.165, 1.54) is 12.3 Å². The van der Waals surface area contributed by atoms with Gasteiger partial charge in [-0.2, -0.15) is 0 Å². The molecule has 0 saturated carbocycles. The minimum atomic E-state index is -0.320. The van der Waals surface area contributed by atoms with Gasteiger partial charge in [-0.3, -0.25) is 0 Å². The van der Waals surface area contributed by atoms with Crippen LogP contribution in [0.1, 0.15) is 13.8 Å². The van der Waals surface area contributed by atoms with Gasteiger partial charge in [-0.15, -0.1) is 0 Å². The first kappa shape index (κ1) is 8.95.